The standard InChI is InChI=1S/C9H17NO/c1-11-8-7-10-6-5-9(8)3-2-4-9/h8,10H,2-7H2,1H3. The Labute approximate surface area is 68.3 Å². The molecule has 1 aliphatic carbocycles. The van der Waals surface area contributed by atoms with E-state index in [0.717, 1.165) is 6.54 Å². The number of ether oxygens (including phenoxy) is 1. The van der Waals surface area contributed by atoms with E-state index in [2.05, 4.69) is 5.32 Å². The molecule has 0 bridgehead atoms. The molecule has 2 fully saturated rings. The van der Waals surface area contributed by atoms with Crippen LogP contribution in [0.5, 0.6) is 0 Å². The monoisotopic (exact) mass is 155 g/mol. The van der Waals surface area contributed by atoms with E-state index < -0.39 is 0 Å². The van der Waals surface area contributed by atoms with Gasteiger partial charge in [-0.2, -0.15) is 0 Å². The molecule has 0 amide bonds. The second kappa shape index (κ2) is 2.76. The number of hydrogen-bond acceptors (Lipinski definition) is 2. The van der Waals surface area contributed by atoms with Gasteiger partial charge in [-0.25, -0.2) is 0 Å². The van der Waals surface area contributed by atoms with Gasteiger partial charge in [0.15, 0.2) is 0 Å². The Bertz CT molecular complexity index is 142. The molecule has 1 atom stereocenters. The van der Waals surface area contributed by atoms with Crippen molar-refractivity contribution in [3.05, 3.63) is 0 Å². The summed E-state index contributed by atoms with van der Waals surface area (Å²) in [5, 5.41) is 3.38. The Kier molecular flexibility index (Phi) is 1.90. The minimum Gasteiger partial charge on any atom is -0.380 e. The maximum absolute atomic E-state index is 5.49. The van der Waals surface area contributed by atoms with Crippen LogP contribution in [0.1, 0.15) is 25.7 Å². The minimum atomic E-state index is 0.491. The fourth-order valence-corrected chi connectivity index (χ4v) is 2.48. The summed E-state index contributed by atoms with van der Waals surface area (Å²) in [5.74, 6) is 0. The van der Waals surface area contributed by atoms with Gasteiger partial charge in [0.05, 0.1) is 6.10 Å². The van der Waals surface area contributed by atoms with E-state index in [0.29, 0.717) is 11.5 Å². The summed E-state index contributed by atoms with van der Waals surface area (Å²) >= 11 is 0. The molecule has 0 aromatic heterocycles. The molecule has 64 valence electrons. The molecule has 1 spiro atoms. The van der Waals surface area contributed by atoms with Gasteiger partial charge in [-0.05, 0) is 31.2 Å². The third-order valence-corrected chi connectivity index (χ3v) is 3.45. The summed E-state index contributed by atoms with van der Waals surface area (Å²) < 4.78 is 5.49. The van der Waals surface area contributed by atoms with Crippen LogP contribution >= 0.6 is 0 Å². The predicted molar refractivity (Wildman–Crippen MR) is 44.6 cm³/mol. The number of nitrogens with one attached hydrogen (secondary N) is 1. The van der Waals surface area contributed by atoms with Crippen LogP contribution in [0, 0.1) is 5.41 Å². The fourth-order valence-electron chi connectivity index (χ4n) is 2.48. The summed E-state index contributed by atoms with van der Waals surface area (Å²) in [7, 11) is 1.84. The van der Waals surface area contributed by atoms with Crippen molar-refractivity contribution in [2.45, 2.75) is 31.8 Å². The Balaban J connectivity index is 2.02. The third kappa shape index (κ3) is 1.09. The smallest absolute Gasteiger partial charge is 0.0752 e. The summed E-state index contributed by atoms with van der Waals surface area (Å²) in [6, 6.07) is 0. The number of hydrogen-bond donors (Lipinski definition) is 1. The highest BCUT2D eigenvalue weighted by Gasteiger charge is 2.45. The van der Waals surface area contributed by atoms with E-state index in [1.807, 2.05) is 7.11 Å². The van der Waals surface area contributed by atoms with Crippen molar-refractivity contribution in [1.29, 1.82) is 0 Å². The van der Waals surface area contributed by atoms with Crippen LogP contribution in [0.3, 0.4) is 0 Å². The largest absolute Gasteiger partial charge is 0.380 e. The highest BCUT2D eigenvalue weighted by atomic mass is 16.5. The maximum atomic E-state index is 5.49. The second-order valence-electron chi connectivity index (χ2n) is 3.89. The molecule has 1 aliphatic heterocycles. The lowest BCUT2D eigenvalue weighted by atomic mass is 9.62. The number of methoxy groups -OCH3 is 1. The molecular weight excluding hydrogens is 138 g/mol. The first-order valence-corrected chi connectivity index (χ1v) is 4.61. The molecule has 1 unspecified atom stereocenters. The van der Waals surface area contributed by atoms with Gasteiger partial charge in [0.25, 0.3) is 0 Å². The molecule has 11 heavy (non-hydrogen) atoms. The Hall–Kier alpha value is -0.0800. The average Bonchev–Trinajstić information content (AvgIpc) is 2.01. The zero-order chi connectivity index (χ0) is 7.73. The second-order valence-corrected chi connectivity index (χ2v) is 3.89. The normalized spacial score (nSPS) is 35.2. The molecule has 2 heteroatoms. The van der Waals surface area contributed by atoms with Crippen molar-refractivity contribution in [2.24, 2.45) is 5.41 Å². The van der Waals surface area contributed by atoms with Crippen LogP contribution in [0.25, 0.3) is 0 Å². The van der Waals surface area contributed by atoms with Gasteiger partial charge in [-0.15, -0.1) is 0 Å². The Morgan fingerprint density at radius 3 is 2.64 bits per heavy atom. The molecule has 1 N–H and O–H groups in total. The first-order valence-electron chi connectivity index (χ1n) is 4.61. The van der Waals surface area contributed by atoms with E-state index >= 15 is 0 Å². The maximum Gasteiger partial charge on any atom is 0.0752 e. The summed E-state index contributed by atoms with van der Waals surface area (Å²) in [4.78, 5) is 0. The SMILES string of the molecule is COC1CNCCC12CCC2. The molecule has 2 nitrogen and oxygen atoms in total. The lowest BCUT2D eigenvalue weighted by Crippen LogP contribution is -2.53. The van der Waals surface area contributed by atoms with E-state index in [1.54, 1.807) is 0 Å². The molecule has 2 aliphatic rings. The van der Waals surface area contributed by atoms with Gasteiger partial charge in [0, 0.05) is 13.7 Å². The summed E-state index contributed by atoms with van der Waals surface area (Å²) in [6.45, 7) is 2.26. The van der Waals surface area contributed by atoms with Gasteiger partial charge < -0.3 is 10.1 Å². The van der Waals surface area contributed by atoms with Gasteiger partial charge in [-0.3, -0.25) is 0 Å². The quantitative estimate of drug-likeness (QED) is 0.613. The summed E-state index contributed by atoms with van der Waals surface area (Å²) in [6.07, 6.45) is 6.02. The molecule has 0 radical (unpaired) electrons. The Morgan fingerprint density at radius 1 is 1.36 bits per heavy atom. The van der Waals surface area contributed by atoms with Crippen molar-refractivity contribution in [3.63, 3.8) is 0 Å². The van der Waals surface area contributed by atoms with Crippen LogP contribution in [-0.4, -0.2) is 26.3 Å². The highest BCUT2D eigenvalue weighted by molar-refractivity contribution is 4.98. The van der Waals surface area contributed by atoms with Crippen molar-refractivity contribution in [2.75, 3.05) is 20.2 Å². The molecule has 0 aromatic rings. The number of piperidine rings is 1. The fraction of sp³-hybridized carbons (Fsp3) is 1.00. The molecule has 0 aromatic carbocycles. The van der Waals surface area contributed by atoms with E-state index in [9.17, 15) is 0 Å². The lowest BCUT2D eigenvalue weighted by Gasteiger charge is -2.50. The molecule has 1 heterocycles. The van der Waals surface area contributed by atoms with E-state index in [4.69, 9.17) is 4.74 Å². The first kappa shape index (κ1) is 7.56. The third-order valence-electron chi connectivity index (χ3n) is 3.45. The van der Waals surface area contributed by atoms with Crippen molar-refractivity contribution in [1.82, 2.24) is 5.32 Å². The first-order chi connectivity index (χ1) is 5.37. The van der Waals surface area contributed by atoms with Crippen LogP contribution < -0.4 is 5.32 Å². The minimum absolute atomic E-state index is 0.491. The van der Waals surface area contributed by atoms with Crippen molar-refractivity contribution in [3.8, 4) is 0 Å². The zero-order valence-electron chi connectivity index (χ0n) is 7.23. The Morgan fingerprint density at radius 2 is 2.18 bits per heavy atom. The molecule has 1 saturated carbocycles. The average molecular weight is 155 g/mol. The number of rotatable bonds is 1. The van der Waals surface area contributed by atoms with Crippen LogP contribution in [0.4, 0.5) is 0 Å². The topological polar surface area (TPSA) is 21.3 Å². The van der Waals surface area contributed by atoms with Gasteiger partial charge in [0.2, 0.25) is 0 Å². The molecule has 1 saturated heterocycles. The molecular formula is C9H17NO. The molecule has 2 rings (SSSR count). The van der Waals surface area contributed by atoms with Crippen LogP contribution in [0.2, 0.25) is 0 Å². The lowest BCUT2D eigenvalue weighted by molar-refractivity contribution is -0.0787. The van der Waals surface area contributed by atoms with Gasteiger partial charge in [0.1, 0.15) is 0 Å². The zero-order valence-corrected chi connectivity index (χ0v) is 7.23. The van der Waals surface area contributed by atoms with Gasteiger partial charge >= 0.3 is 0 Å². The van der Waals surface area contributed by atoms with Crippen molar-refractivity contribution >= 4 is 0 Å². The van der Waals surface area contributed by atoms with Crippen LogP contribution in [0.15, 0.2) is 0 Å². The van der Waals surface area contributed by atoms with Gasteiger partial charge in [-0.1, -0.05) is 6.42 Å². The van der Waals surface area contributed by atoms with E-state index in [-0.39, 0.29) is 0 Å². The van der Waals surface area contributed by atoms with E-state index in [1.165, 1.54) is 32.2 Å². The highest BCUT2D eigenvalue weighted by Crippen LogP contribution is 2.48. The summed E-state index contributed by atoms with van der Waals surface area (Å²) in [5.41, 5.74) is 0.583. The predicted octanol–water partition coefficient (Wildman–Crippen LogP) is 1.16. The van der Waals surface area contributed by atoms with Crippen LogP contribution in [-0.2, 0) is 4.74 Å². The van der Waals surface area contributed by atoms with Crippen molar-refractivity contribution < 1.29 is 4.74 Å².